The van der Waals surface area contributed by atoms with Crippen molar-refractivity contribution in [3.63, 3.8) is 0 Å². The van der Waals surface area contributed by atoms with Crippen molar-refractivity contribution >= 4 is 38.1 Å². The number of nitrogens with zero attached hydrogens (tertiary/aromatic N) is 3. The standard InChI is InChI=1S/C19H25N5O3S2/c1-14-13-21-19(28-14)22-18(25)16-12-15(29(26,27)24-8-2-3-9-24)4-5-17(16)23-10-6-20-7-11-23/h4-5,12-13,20H,2-3,6-11H2,1H3,(H,21,22,25). The molecule has 2 aliphatic heterocycles. The number of sulfonamides is 1. The van der Waals surface area contributed by atoms with Crippen LogP contribution in [0.3, 0.4) is 0 Å². The summed E-state index contributed by atoms with van der Waals surface area (Å²) in [5.41, 5.74) is 1.11. The minimum Gasteiger partial charge on any atom is -0.368 e. The van der Waals surface area contributed by atoms with Gasteiger partial charge in [0.05, 0.1) is 10.5 Å². The largest absolute Gasteiger partial charge is 0.368 e. The van der Waals surface area contributed by atoms with Crippen LogP contribution >= 0.6 is 11.3 Å². The third-order valence-corrected chi connectivity index (χ3v) is 7.94. The van der Waals surface area contributed by atoms with E-state index in [9.17, 15) is 13.2 Å². The summed E-state index contributed by atoms with van der Waals surface area (Å²) in [5.74, 6) is -0.341. The number of amides is 1. The molecule has 156 valence electrons. The van der Waals surface area contributed by atoms with Gasteiger partial charge in [-0.15, -0.1) is 11.3 Å². The third kappa shape index (κ3) is 4.30. The molecule has 2 aliphatic rings. The van der Waals surface area contributed by atoms with Crippen LogP contribution in [0.4, 0.5) is 10.8 Å². The van der Waals surface area contributed by atoms with Gasteiger partial charge in [-0.2, -0.15) is 4.31 Å². The predicted molar refractivity (Wildman–Crippen MR) is 114 cm³/mol. The molecule has 1 aromatic heterocycles. The normalized spacial score (nSPS) is 18.2. The number of aromatic nitrogens is 1. The zero-order valence-electron chi connectivity index (χ0n) is 16.3. The number of rotatable bonds is 5. The summed E-state index contributed by atoms with van der Waals surface area (Å²) in [6.07, 6.45) is 3.44. The lowest BCUT2D eigenvalue weighted by atomic mass is 10.1. The molecular formula is C19H25N5O3S2. The molecule has 4 rings (SSSR count). The van der Waals surface area contributed by atoms with Crippen LogP contribution in [0, 0.1) is 6.92 Å². The molecule has 0 unspecified atom stereocenters. The molecule has 0 aliphatic carbocycles. The number of nitrogens with one attached hydrogen (secondary N) is 2. The van der Waals surface area contributed by atoms with E-state index < -0.39 is 10.0 Å². The predicted octanol–water partition coefficient (Wildman–Crippen LogP) is 1.90. The van der Waals surface area contributed by atoms with Crippen LogP contribution in [-0.4, -0.2) is 62.9 Å². The summed E-state index contributed by atoms with van der Waals surface area (Å²) >= 11 is 1.39. The van der Waals surface area contributed by atoms with E-state index in [0.29, 0.717) is 23.8 Å². The second kappa shape index (κ2) is 8.39. The molecule has 0 atom stereocenters. The van der Waals surface area contributed by atoms with Crippen molar-refractivity contribution in [1.29, 1.82) is 0 Å². The Morgan fingerprint density at radius 2 is 1.90 bits per heavy atom. The van der Waals surface area contributed by atoms with Crippen molar-refractivity contribution in [3.8, 4) is 0 Å². The average molecular weight is 436 g/mol. The highest BCUT2D eigenvalue weighted by Crippen LogP contribution is 2.29. The number of hydrogen-bond acceptors (Lipinski definition) is 7. The maximum Gasteiger partial charge on any atom is 0.259 e. The number of aryl methyl sites for hydroxylation is 1. The second-order valence-corrected chi connectivity index (χ2v) is 10.4. The summed E-state index contributed by atoms with van der Waals surface area (Å²) in [4.78, 5) is 20.6. The third-order valence-electron chi connectivity index (χ3n) is 5.21. The Hall–Kier alpha value is -2.01. The molecule has 2 saturated heterocycles. The fourth-order valence-corrected chi connectivity index (χ4v) is 5.90. The smallest absolute Gasteiger partial charge is 0.259 e. The molecule has 2 fully saturated rings. The van der Waals surface area contributed by atoms with Crippen LogP contribution in [0.15, 0.2) is 29.3 Å². The molecule has 0 spiro atoms. The van der Waals surface area contributed by atoms with Gasteiger partial charge in [0.2, 0.25) is 10.0 Å². The minimum atomic E-state index is -3.60. The molecule has 10 heteroatoms. The van der Waals surface area contributed by atoms with E-state index in [-0.39, 0.29) is 10.8 Å². The lowest BCUT2D eigenvalue weighted by Gasteiger charge is -2.31. The molecule has 2 N–H and O–H groups in total. The summed E-state index contributed by atoms with van der Waals surface area (Å²) < 4.78 is 27.5. The van der Waals surface area contributed by atoms with Crippen molar-refractivity contribution in [2.24, 2.45) is 0 Å². The molecule has 1 amide bonds. The number of benzene rings is 1. The summed E-state index contributed by atoms with van der Waals surface area (Å²) in [7, 11) is -3.60. The summed E-state index contributed by atoms with van der Waals surface area (Å²) in [5, 5.41) is 6.63. The molecule has 0 bridgehead atoms. The first-order valence-electron chi connectivity index (χ1n) is 9.79. The number of carbonyl (C=O) groups is 1. The highest BCUT2D eigenvalue weighted by atomic mass is 32.2. The molecule has 0 radical (unpaired) electrons. The Balaban J connectivity index is 1.70. The number of thiazole rings is 1. The van der Waals surface area contributed by atoms with Gasteiger partial charge in [0.25, 0.3) is 5.91 Å². The van der Waals surface area contributed by atoms with Crippen LogP contribution in [-0.2, 0) is 10.0 Å². The van der Waals surface area contributed by atoms with Gasteiger partial charge in [0, 0.05) is 56.0 Å². The van der Waals surface area contributed by atoms with E-state index in [1.807, 2.05) is 6.92 Å². The van der Waals surface area contributed by atoms with Gasteiger partial charge in [0.1, 0.15) is 0 Å². The monoisotopic (exact) mass is 435 g/mol. The van der Waals surface area contributed by atoms with Crippen molar-refractivity contribution in [2.45, 2.75) is 24.7 Å². The Morgan fingerprint density at radius 1 is 1.17 bits per heavy atom. The van der Waals surface area contributed by atoms with Crippen LogP contribution in [0.1, 0.15) is 28.1 Å². The second-order valence-electron chi connectivity index (χ2n) is 7.26. The zero-order valence-corrected chi connectivity index (χ0v) is 18.0. The van der Waals surface area contributed by atoms with E-state index in [0.717, 1.165) is 49.6 Å². The summed E-state index contributed by atoms with van der Waals surface area (Å²) in [6, 6.07) is 4.90. The number of hydrogen-bond donors (Lipinski definition) is 2. The van der Waals surface area contributed by atoms with Crippen molar-refractivity contribution in [3.05, 3.63) is 34.8 Å². The Labute approximate surface area is 175 Å². The molecular weight excluding hydrogens is 410 g/mol. The zero-order chi connectivity index (χ0) is 20.4. The quantitative estimate of drug-likeness (QED) is 0.745. The molecule has 8 nitrogen and oxygen atoms in total. The van der Waals surface area contributed by atoms with Gasteiger partial charge in [-0.3, -0.25) is 10.1 Å². The van der Waals surface area contributed by atoms with Gasteiger partial charge >= 0.3 is 0 Å². The highest BCUT2D eigenvalue weighted by molar-refractivity contribution is 7.89. The maximum atomic E-state index is 13.1. The number of carbonyl (C=O) groups excluding carboxylic acids is 1. The van der Waals surface area contributed by atoms with Crippen LogP contribution in [0.2, 0.25) is 0 Å². The van der Waals surface area contributed by atoms with Crippen LogP contribution in [0.25, 0.3) is 0 Å². The highest BCUT2D eigenvalue weighted by Gasteiger charge is 2.29. The Kier molecular flexibility index (Phi) is 5.86. The lowest BCUT2D eigenvalue weighted by Crippen LogP contribution is -2.44. The van der Waals surface area contributed by atoms with Gasteiger partial charge < -0.3 is 10.2 Å². The van der Waals surface area contributed by atoms with E-state index in [1.165, 1.54) is 21.7 Å². The Morgan fingerprint density at radius 3 is 2.55 bits per heavy atom. The van der Waals surface area contributed by atoms with Crippen LogP contribution < -0.4 is 15.5 Å². The Bertz CT molecular complexity index is 993. The van der Waals surface area contributed by atoms with E-state index in [4.69, 9.17) is 0 Å². The topological polar surface area (TPSA) is 94.6 Å². The molecule has 2 aromatic rings. The summed E-state index contributed by atoms with van der Waals surface area (Å²) in [6.45, 7) is 6.14. The van der Waals surface area contributed by atoms with E-state index in [2.05, 4.69) is 20.5 Å². The molecule has 0 saturated carbocycles. The van der Waals surface area contributed by atoms with Gasteiger partial charge in [-0.1, -0.05) is 0 Å². The SMILES string of the molecule is Cc1cnc(NC(=O)c2cc(S(=O)(=O)N3CCCC3)ccc2N2CCNCC2)s1. The number of piperazine rings is 1. The first-order chi connectivity index (χ1) is 13.9. The molecule has 29 heavy (non-hydrogen) atoms. The van der Waals surface area contributed by atoms with Crippen molar-refractivity contribution in [2.75, 3.05) is 49.5 Å². The van der Waals surface area contributed by atoms with Crippen molar-refractivity contribution < 1.29 is 13.2 Å². The van der Waals surface area contributed by atoms with Gasteiger partial charge in [-0.05, 0) is 38.0 Å². The van der Waals surface area contributed by atoms with Crippen LogP contribution in [0.5, 0.6) is 0 Å². The van der Waals surface area contributed by atoms with Crippen molar-refractivity contribution in [1.82, 2.24) is 14.6 Å². The average Bonchev–Trinajstić information content (AvgIpc) is 3.40. The lowest BCUT2D eigenvalue weighted by molar-refractivity contribution is 0.102. The first-order valence-corrected chi connectivity index (χ1v) is 12.0. The van der Waals surface area contributed by atoms with Gasteiger partial charge in [-0.25, -0.2) is 13.4 Å². The van der Waals surface area contributed by atoms with E-state index >= 15 is 0 Å². The van der Waals surface area contributed by atoms with Gasteiger partial charge in [0.15, 0.2) is 5.13 Å². The van der Waals surface area contributed by atoms with E-state index in [1.54, 1.807) is 18.3 Å². The fraction of sp³-hybridized carbons (Fsp3) is 0.474. The minimum absolute atomic E-state index is 0.166. The first kappa shape index (κ1) is 20.3. The number of anilines is 2. The molecule has 1 aromatic carbocycles. The fourth-order valence-electron chi connectivity index (χ4n) is 3.69. The molecule has 3 heterocycles. The maximum absolute atomic E-state index is 13.1.